The summed E-state index contributed by atoms with van der Waals surface area (Å²) < 4.78 is 0. The average molecular weight is 484 g/mol. The molecule has 3 heterocycles. The van der Waals surface area contributed by atoms with Crippen LogP contribution in [-0.4, -0.2) is 26.6 Å². The van der Waals surface area contributed by atoms with Gasteiger partial charge in [0.1, 0.15) is 5.82 Å². The number of rotatable bonds is 4. The molecule has 1 radical (unpaired) electrons. The van der Waals surface area contributed by atoms with E-state index in [9.17, 15) is 4.79 Å². The SMILES string of the molecule is CCN(c1nc(C)nc2[n-]ncc12)C(C)c1ccc(=O)[nH]c1.[Re]. The second-order valence-corrected chi connectivity index (χ2v) is 5.12. The van der Waals surface area contributed by atoms with Gasteiger partial charge in [-0.15, -0.1) is 0 Å². The molecule has 7 nitrogen and oxygen atoms in total. The maximum absolute atomic E-state index is 11.2. The molecule has 0 saturated carbocycles. The fraction of sp³-hybridized carbons (Fsp3) is 0.333. The van der Waals surface area contributed by atoms with Gasteiger partial charge in [0.15, 0.2) is 0 Å². The number of hydrogen-bond acceptors (Lipinski definition) is 5. The van der Waals surface area contributed by atoms with E-state index in [4.69, 9.17) is 0 Å². The Hall–Kier alpha value is -2.04. The Balaban J connectivity index is 0.00000192. The zero-order valence-electron chi connectivity index (χ0n) is 13.1. The first-order valence-corrected chi connectivity index (χ1v) is 7.18. The van der Waals surface area contributed by atoms with Gasteiger partial charge in [-0.1, -0.05) is 6.07 Å². The van der Waals surface area contributed by atoms with Crippen molar-refractivity contribution in [1.29, 1.82) is 0 Å². The molecule has 1 N–H and O–H groups in total. The molecule has 121 valence electrons. The average Bonchev–Trinajstić information content (AvgIpc) is 2.96. The van der Waals surface area contributed by atoms with Crippen LogP contribution < -0.4 is 15.6 Å². The number of aryl methyl sites for hydroxylation is 1. The van der Waals surface area contributed by atoms with E-state index in [0.29, 0.717) is 11.5 Å². The Morgan fingerprint density at radius 3 is 2.78 bits per heavy atom. The Kier molecular flexibility index (Phi) is 5.29. The van der Waals surface area contributed by atoms with Gasteiger partial charge < -0.3 is 20.0 Å². The van der Waals surface area contributed by atoms with Crippen LogP contribution in [0.2, 0.25) is 0 Å². The number of H-pyrrole nitrogens is 1. The first-order chi connectivity index (χ1) is 10.6. The maximum atomic E-state index is 11.2. The number of anilines is 1. The summed E-state index contributed by atoms with van der Waals surface area (Å²) in [6.45, 7) is 6.74. The molecule has 0 aliphatic rings. The molecule has 3 aromatic rings. The molecule has 0 aliphatic heterocycles. The molecule has 0 bridgehead atoms. The third kappa shape index (κ3) is 3.33. The molecule has 8 heteroatoms. The third-order valence-corrected chi connectivity index (χ3v) is 3.73. The first-order valence-electron chi connectivity index (χ1n) is 7.18. The van der Waals surface area contributed by atoms with Gasteiger partial charge in [-0.3, -0.25) is 9.89 Å². The van der Waals surface area contributed by atoms with Crippen LogP contribution in [0.15, 0.2) is 29.3 Å². The van der Waals surface area contributed by atoms with E-state index in [1.54, 1.807) is 12.4 Å². The van der Waals surface area contributed by atoms with E-state index in [-0.39, 0.29) is 32.0 Å². The number of nitrogens with one attached hydrogen (secondary N) is 1. The van der Waals surface area contributed by atoms with Gasteiger partial charge in [0, 0.05) is 56.6 Å². The summed E-state index contributed by atoms with van der Waals surface area (Å²) in [5.41, 5.74) is 1.51. The zero-order valence-corrected chi connectivity index (χ0v) is 15.8. The van der Waals surface area contributed by atoms with Gasteiger partial charge in [-0.05, 0) is 32.0 Å². The summed E-state index contributed by atoms with van der Waals surface area (Å²) in [5, 5.41) is 8.80. The van der Waals surface area contributed by atoms with Gasteiger partial charge in [0.2, 0.25) is 5.56 Å². The minimum Gasteiger partial charge on any atom is -0.422 e. The predicted octanol–water partition coefficient (Wildman–Crippen LogP) is 1.56. The van der Waals surface area contributed by atoms with Crippen LogP contribution in [0.25, 0.3) is 11.0 Å². The summed E-state index contributed by atoms with van der Waals surface area (Å²) in [5.74, 6) is 1.48. The molecule has 0 amide bonds. The molecule has 3 aromatic heterocycles. The number of nitrogens with zero attached hydrogens (tertiary/aromatic N) is 5. The fourth-order valence-corrected chi connectivity index (χ4v) is 2.57. The second-order valence-electron chi connectivity index (χ2n) is 5.12. The molecule has 0 fully saturated rings. The summed E-state index contributed by atoms with van der Waals surface area (Å²) in [6.07, 6.45) is 3.43. The van der Waals surface area contributed by atoms with E-state index >= 15 is 0 Å². The molecule has 0 spiro atoms. The number of pyridine rings is 1. The molecular weight excluding hydrogens is 466 g/mol. The van der Waals surface area contributed by atoms with E-state index in [1.807, 2.05) is 13.0 Å². The fourth-order valence-electron chi connectivity index (χ4n) is 2.57. The largest absolute Gasteiger partial charge is 0.422 e. The predicted molar refractivity (Wildman–Crippen MR) is 83.9 cm³/mol. The van der Waals surface area contributed by atoms with Crippen LogP contribution in [0.5, 0.6) is 0 Å². The molecule has 1 atom stereocenters. The smallest absolute Gasteiger partial charge is 0.247 e. The van der Waals surface area contributed by atoms with E-state index in [0.717, 1.165) is 23.3 Å². The van der Waals surface area contributed by atoms with Crippen LogP contribution in [0.3, 0.4) is 0 Å². The first kappa shape index (κ1) is 17.3. The molecular formula is C15H17N6ORe-. The van der Waals surface area contributed by atoms with Crippen molar-refractivity contribution < 1.29 is 20.4 Å². The van der Waals surface area contributed by atoms with Crippen molar-refractivity contribution in [2.75, 3.05) is 11.4 Å². The van der Waals surface area contributed by atoms with Gasteiger partial charge in [-0.25, -0.2) is 4.98 Å². The summed E-state index contributed by atoms with van der Waals surface area (Å²) in [4.78, 5) is 25.0. The number of aromatic amines is 1. The van der Waals surface area contributed by atoms with Crippen LogP contribution in [0, 0.1) is 6.92 Å². The minimum atomic E-state index is -0.108. The van der Waals surface area contributed by atoms with Crippen LogP contribution in [0.1, 0.15) is 31.3 Å². The summed E-state index contributed by atoms with van der Waals surface area (Å²) >= 11 is 0. The Labute approximate surface area is 147 Å². The quantitative estimate of drug-likeness (QED) is 0.606. The maximum Gasteiger partial charge on any atom is 0.247 e. The standard InChI is InChI=1S/C15H18N6O.Re/c1-4-21(9(2)11-5-6-13(22)16-7-11)15-12-8-17-20-14(12)18-10(3)19-15;/h5-9H,4H2,1-3H3,(H2,16,17,18,19,20,22);/p-1. The van der Waals surface area contributed by atoms with Gasteiger partial charge in [0.25, 0.3) is 0 Å². The molecule has 3 rings (SSSR count). The summed E-state index contributed by atoms with van der Waals surface area (Å²) in [6, 6.07) is 3.42. The van der Waals surface area contributed by atoms with Gasteiger partial charge in [-0.2, -0.15) is 0 Å². The topological polar surface area (TPSA) is 88.9 Å². The van der Waals surface area contributed by atoms with Gasteiger partial charge >= 0.3 is 0 Å². The van der Waals surface area contributed by atoms with Crippen molar-refractivity contribution in [2.24, 2.45) is 0 Å². The Morgan fingerprint density at radius 1 is 1.35 bits per heavy atom. The van der Waals surface area contributed by atoms with Crippen LogP contribution in [0.4, 0.5) is 5.82 Å². The Bertz CT molecular complexity index is 838. The van der Waals surface area contributed by atoms with Gasteiger partial charge in [0.05, 0.1) is 6.04 Å². The molecule has 0 aliphatic carbocycles. The van der Waals surface area contributed by atoms with E-state index < -0.39 is 0 Å². The van der Waals surface area contributed by atoms with E-state index in [2.05, 4.69) is 43.9 Å². The number of hydrogen-bond donors (Lipinski definition) is 1. The monoisotopic (exact) mass is 484 g/mol. The minimum absolute atomic E-state index is 0. The normalized spacial score (nSPS) is 12.0. The summed E-state index contributed by atoms with van der Waals surface area (Å²) in [7, 11) is 0. The molecule has 0 saturated heterocycles. The van der Waals surface area contributed by atoms with Crippen molar-refractivity contribution in [2.45, 2.75) is 26.8 Å². The van der Waals surface area contributed by atoms with Crippen molar-refractivity contribution >= 4 is 16.9 Å². The molecule has 1 unspecified atom stereocenters. The molecule has 0 aromatic carbocycles. The number of aromatic nitrogens is 5. The Morgan fingerprint density at radius 2 is 2.13 bits per heavy atom. The van der Waals surface area contributed by atoms with E-state index in [1.165, 1.54) is 6.07 Å². The van der Waals surface area contributed by atoms with Crippen LogP contribution >= 0.6 is 0 Å². The van der Waals surface area contributed by atoms with Crippen molar-refractivity contribution in [1.82, 2.24) is 25.1 Å². The molecule has 23 heavy (non-hydrogen) atoms. The second kappa shape index (κ2) is 7.03. The number of fused-ring (bicyclic) bond motifs is 1. The van der Waals surface area contributed by atoms with Crippen molar-refractivity contribution in [3.8, 4) is 0 Å². The van der Waals surface area contributed by atoms with Crippen molar-refractivity contribution in [3.05, 3.63) is 46.3 Å². The van der Waals surface area contributed by atoms with Crippen LogP contribution in [-0.2, 0) is 20.4 Å². The third-order valence-electron chi connectivity index (χ3n) is 3.73. The van der Waals surface area contributed by atoms with Crippen molar-refractivity contribution in [3.63, 3.8) is 0 Å². The zero-order chi connectivity index (χ0) is 15.7.